The van der Waals surface area contributed by atoms with Crippen molar-refractivity contribution in [1.82, 2.24) is 0 Å². The molecule has 0 radical (unpaired) electrons. The molecule has 82 valence electrons. The van der Waals surface area contributed by atoms with Gasteiger partial charge in [-0.1, -0.05) is 21.5 Å². The molecular weight excluding hydrogens is 254 g/mol. The Kier molecular flexibility index (Phi) is 4.85. The molecule has 1 rings (SSSR count). The maximum absolute atomic E-state index is 5.63. The lowest BCUT2D eigenvalue weighted by Gasteiger charge is -2.09. The molecular formula is C12H16BrNO. The highest BCUT2D eigenvalue weighted by Gasteiger charge is 2.01. The third kappa shape index (κ3) is 4.06. The van der Waals surface area contributed by atoms with Crippen LogP contribution in [0.5, 0.6) is 5.75 Å². The normalized spacial score (nSPS) is 9.87. The fourth-order valence-corrected chi connectivity index (χ4v) is 1.55. The third-order valence-electron chi connectivity index (χ3n) is 1.97. The van der Waals surface area contributed by atoms with Crippen molar-refractivity contribution in [2.24, 2.45) is 5.73 Å². The Labute approximate surface area is 99.3 Å². The number of nitrogens with two attached hydrogens (primary N) is 1. The highest BCUT2D eigenvalue weighted by atomic mass is 79.9. The van der Waals surface area contributed by atoms with Gasteiger partial charge in [0.1, 0.15) is 12.4 Å². The largest absolute Gasteiger partial charge is 0.489 e. The van der Waals surface area contributed by atoms with Gasteiger partial charge < -0.3 is 10.5 Å². The van der Waals surface area contributed by atoms with E-state index in [0.29, 0.717) is 13.2 Å². The molecule has 0 atom stereocenters. The van der Waals surface area contributed by atoms with Crippen LogP contribution in [0.2, 0.25) is 0 Å². The van der Waals surface area contributed by atoms with Crippen LogP contribution in [-0.2, 0) is 6.54 Å². The highest BCUT2D eigenvalue weighted by Crippen LogP contribution is 2.22. The van der Waals surface area contributed by atoms with E-state index < -0.39 is 0 Å². The summed E-state index contributed by atoms with van der Waals surface area (Å²) in [6.45, 7) is 5.18. The van der Waals surface area contributed by atoms with E-state index in [9.17, 15) is 0 Å². The van der Waals surface area contributed by atoms with Crippen LogP contribution in [0, 0.1) is 0 Å². The van der Waals surface area contributed by atoms with Gasteiger partial charge in [0.25, 0.3) is 0 Å². The summed E-state index contributed by atoms with van der Waals surface area (Å²) in [4.78, 5) is 0. The summed E-state index contributed by atoms with van der Waals surface area (Å²) in [6.07, 6.45) is 2.04. The Bertz CT molecular complexity index is 357. The first-order chi connectivity index (χ1) is 7.13. The smallest absolute Gasteiger partial charge is 0.124 e. The van der Waals surface area contributed by atoms with Crippen molar-refractivity contribution in [3.8, 4) is 5.75 Å². The molecule has 2 nitrogen and oxygen atoms in total. The Morgan fingerprint density at radius 2 is 2.20 bits per heavy atom. The molecule has 0 aliphatic rings. The van der Waals surface area contributed by atoms with Gasteiger partial charge >= 0.3 is 0 Å². The van der Waals surface area contributed by atoms with E-state index in [4.69, 9.17) is 10.5 Å². The van der Waals surface area contributed by atoms with Gasteiger partial charge in [0, 0.05) is 16.6 Å². The second-order valence-electron chi connectivity index (χ2n) is 3.55. The second-order valence-corrected chi connectivity index (χ2v) is 4.46. The van der Waals surface area contributed by atoms with Crippen LogP contribution in [0.4, 0.5) is 0 Å². The van der Waals surface area contributed by atoms with E-state index in [1.54, 1.807) is 0 Å². The molecule has 1 aromatic rings. The summed E-state index contributed by atoms with van der Waals surface area (Å²) in [5.41, 5.74) is 7.91. The minimum Gasteiger partial charge on any atom is -0.489 e. The average Bonchev–Trinajstić information content (AvgIpc) is 2.19. The van der Waals surface area contributed by atoms with Crippen LogP contribution in [0.25, 0.3) is 0 Å². The third-order valence-corrected chi connectivity index (χ3v) is 2.47. The molecule has 0 aliphatic carbocycles. The SMILES string of the molecule is CC(C)=CCOc1ccc(Br)cc1CN. The van der Waals surface area contributed by atoms with E-state index in [1.807, 2.05) is 24.3 Å². The van der Waals surface area contributed by atoms with Crippen molar-refractivity contribution in [3.05, 3.63) is 39.9 Å². The van der Waals surface area contributed by atoms with E-state index >= 15 is 0 Å². The van der Waals surface area contributed by atoms with Crippen molar-refractivity contribution >= 4 is 15.9 Å². The summed E-state index contributed by atoms with van der Waals surface area (Å²) < 4.78 is 6.64. The number of halogens is 1. The van der Waals surface area contributed by atoms with Gasteiger partial charge in [0.05, 0.1) is 0 Å². The molecule has 0 spiro atoms. The topological polar surface area (TPSA) is 35.2 Å². The standard InChI is InChI=1S/C12H16BrNO/c1-9(2)5-6-15-12-4-3-11(13)7-10(12)8-14/h3-5,7H,6,8,14H2,1-2H3. The summed E-state index contributed by atoms with van der Waals surface area (Å²) in [7, 11) is 0. The number of allylic oxidation sites excluding steroid dienone is 1. The van der Waals surface area contributed by atoms with Gasteiger partial charge in [-0.25, -0.2) is 0 Å². The van der Waals surface area contributed by atoms with Crippen molar-refractivity contribution in [2.75, 3.05) is 6.61 Å². The van der Waals surface area contributed by atoms with E-state index in [0.717, 1.165) is 15.8 Å². The predicted molar refractivity (Wildman–Crippen MR) is 67.0 cm³/mol. The van der Waals surface area contributed by atoms with Gasteiger partial charge in [-0.2, -0.15) is 0 Å². The summed E-state index contributed by atoms with van der Waals surface area (Å²) in [6, 6.07) is 5.87. The summed E-state index contributed by atoms with van der Waals surface area (Å²) in [5, 5.41) is 0. The molecule has 1 aromatic carbocycles. The minimum atomic E-state index is 0.490. The number of hydrogen-bond donors (Lipinski definition) is 1. The molecule has 0 aliphatic heterocycles. The zero-order valence-corrected chi connectivity index (χ0v) is 10.7. The van der Waals surface area contributed by atoms with Gasteiger partial charge in [-0.05, 0) is 38.1 Å². The van der Waals surface area contributed by atoms with Gasteiger partial charge in [0.15, 0.2) is 0 Å². The van der Waals surface area contributed by atoms with E-state index in [2.05, 4.69) is 29.8 Å². The molecule has 0 amide bonds. The first kappa shape index (κ1) is 12.3. The summed E-state index contributed by atoms with van der Waals surface area (Å²) >= 11 is 3.41. The lowest BCUT2D eigenvalue weighted by molar-refractivity contribution is 0.358. The van der Waals surface area contributed by atoms with Crippen LogP contribution in [-0.4, -0.2) is 6.61 Å². The molecule has 3 heteroatoms. The molecule has 0 fully saturated rings. The van der Waals surface area contributed by atoms with Gasteiger partial charge in [-0.3, -0.25) is 0 Å². The molecule has 0 unspecified atom stereocenters. The van der Waals surface area contributed by atoms with Crippen molar-refractivity contribution in [3.63, 3.8) is 0 Å². The zero-order chi connectivity index (χ0) is 11.3. The number of benzene rings is 1. The molecule has 0 saturated heterocycles. The van der Waals surface area contributed by atoms with E-state index in [-0.39, 0.29) is 0 Å². The Morgan fingerprint density at radius 3 is 2.80 bits per heavy atom. The highest BCUT2D eigenvalue weighted by molar-refractivity contribution is 9.10. The Hall–Kier alpha value is -0.800. The zero-order valence-electron chi connectivity index (χ0n) is 9.09. The second kappa shape index (κ2) is 5.93. The fourth-order valence-electron chi connectivity index (χ4n) is 1.15. The quantitative estimate of drug-likeness (QED) is 0.852. The molecule has 15 heavy (non-hydrogen) atoms. The van der Waals surface area contributed by atoms with Crippen LogP contribution in [0.3, 0.4) is 0 Å². The number of ether oxygens (including phenoxy) is 1. The number of hydrogen-bond acceptors (Lipinski definition) is 2. The molecule has 2 N–H and O–H groups in total. The maximum Gasteiger partial charge on any atom is 0.124 e. The van der Waals surface area contributed by atoms with Crippen LogP contribution >= 0.6 is 15.9 Å². The van der Waals surface area contributed by atoms with Crippen LogP contribution in [0.15, 0.2) is 34.3 Å². The van der Waals surface area contributed by atoms with Gasteiger partial charge in [0.2, 0.25) is 0 Å². The Morgan fingerprint density at radius 1 is 1.47 bits per heavy atom. The predicted octanol–water partition coefficient (Wildman–Crippen LogP) is 3.25. The fraction of sp³-hybridized carbons (Fsp3) is 0.333. The maximum atomic E-state index is 5.63. The molecule has 0 bridgehead atoms. The van der Waals surface area contributed by atoms with Gasteiger partial charge in [-0.15, -0.1) is 0 Å². The minimum absolute atomic E-state index is 0.490. The molecule has 0 aromatic heterocycles. The van der Waals surface area contributed by atoms with Crippen molar-refractivity contribution in [2.45, 2.75) is 20.4 Å². The monoisotopic (exact) mass is 269 g/mol. The first-order valence-electron chi connectivity index (χ1n) is 4.88. The summed E-state index contributed by atoms with van der Waals surface area (Å²) in [5.74, 6) is 0.859. The lowest BCUT2D eigenvalue weighted by atomic mass is 10.2. The Balaban J connectivity index is 2.72. The van der Waals surface area contributed by atoms with Crippen LogP contribution in [0.1, 0.15) is 19.4 Å². The van der Waals surface area contributed by atoms with E-state index in [1.165, 1.54) is 5.57 Å². The van der Waals surface area contributed by atoms with Crippen molar-refractivity contribution in [1.29, 1.82) is 0 Å². The molecule has 0 heterocycles. The number of rotatable bonds is 4. The molecule has 0 saturated carbocycles. The van der Waals surface area contributed by atoms with Crippen molar-refractivity contribution < 1.29 is 4.74 Å². The first-order valence-corrected chi connectivity index (χ1v) is 5.67. The lowest BCUT2D eigenvalue weighted by Crippen LogP contribution is -2.02. The van der Waals surface area contributed by atoms with Crippen LogP contribution < -0.4 is 10.5 Å². The average molecular weight is 270 g/mol.